The monoisotopic (exact) mass is 211 g/mol. The second-order valence-corrected chi connectivity index (χ2v) is 4.53. The van der Waals surface area contributed by atoms with E-state index in [-0.39, 0.29) is 18.1 Å². The fraction of sp³-hybridized carbons (Fsp3) is 0.778. The van der Waals surface area contributed by atoms with E-state index in [0.717, 1.165) is 32.4 Å². The number of carbonyl (C=O) groups excluding carboxylic acids is 2. The molecular formula is C9H15BNO2P. The molecule has 0 aliphatic carbocycles. The summed E-state index contributed by atoms with van der Waals surface area (Å²) in [6.07, 6.45) is 2.95. The highest BCUT2D eigenvalue weighted by Gasteiger charge is 2.22. The van der Waals surface area contributed by atoms with Crippen LogP contribution in [0.4, 0.5) is 0 Å². The molecule has 0 amide bonds. The summed E-state index contributed by atoms with van der Waals surface area (Å²) in [4.78, 5) is 22.2. The third-order valence-corrected chi connectivity index (χ3v) is 2.98. The first-order chi connectivity index (χ1) is 6.59. The Kier molecular flexibility index (Phi) is 4.77. The number of hydrogen-bond acceptors (Lipinski definition) is 3. The zero-order valence-electron chi connectivity index (χ0n) is 8.24. The average Bonchev–Trinajstić information content (AvgIpc) is 2.28. The van der Waals surface area contributed by atoms with Gasteiger partial charge in [-0.1, -0.05) is 15.8 Å². The summed E-state index contributed by atoms with van der Waals surface area (Å²) < 4.78 is 2.07. The van der Waals surface area contributed by atoms with Gasteiger partial charge in [-0.2, -0.15) is 0 Å². The Balaban J connectivity index is 2.48. The first-order valence-corrected chi connectivity index (χ1v) is 5.42. The largest absolute Gasteiger partial charge is 0.312 e. The first kappa shape index (κ1) is 11.9. The Hall–Kier alpha value is -0.205. The van der Waals surface area contributed by atoms with E-state index >= 15 is 0 Å². The van der Waals surface area contributed by atoms with Crippen LogP contribution >= 0.6 is 9.39 Å². The Bertz CT molecular complexity index is 235. The molecule has 1 aliphatic rings. The number of ketones is 1. The number of hydrogen-bond donors (Lipinski definition) is 0. The van der Waals surface area contributed by atoms with E-state index in [1.807, 2.05) is 0 Å². The fourth-order valence-corrected chi connectivity index (χ4v) is 2.19. The van der Waals surface area contributed by atoms with Gasteiger partial charge in [0.2, 0.25) is 0 Å². The van der Waals surface area contributed by atoms with Crippen LogP contribution in [0.15, 0.2) is 0 Å². The molecule has 1 aliphatic heterocycles. The topological polar surface area (TPSA) is 37.4 Å². The van der Waals surface area contributed by atoms with Crippen molar-refractivity contribution in [3.05, 3.63) is 0 Å². The summed E-state index contributed by atoms with van der Waals surface area (Å²) in [5.74, 6) is -0.0191. The van der Waals surface area contributed by atoms with Crippen LogP contribution in [0, 0.1) is 5.92 Å². The minimum Gasteiger partial charge on any atom is -0.312 e. The minimum absolute atomic E-state index is 0.00755. The van der Waals surface area contributed by atoms with E-state index in [2.05, 4.69) is 14.1 Å². The van der Waals surface area contributed by atoms with Gasteiger partial charge in [0, 0.05) is 19.0 Å². The number of Topliss-reactive ketones (excluding diaryl/α,β-unsaturated/α-hetero) is 1. The zero-order valence-corrected chi connectivity index (χ0v) is 9.39. The van der Waals surface area contributed by atoms with Gasteiger partial charge in [-0.3, -0.25) is 9.46 Å². The molecule has 0 saturated carbocycles. The van der Waals surface area contributed by atoms with Gasteiger partial charge in [-0.05, 0) is 12.8 Å². The van der Waals surface area contributed by atoms with Gasteiger partial charge in [0.15, 0.2) is 7.85 Å². The number of carbonyl (C=O) groups is 2. The maximum atomic E-state index is 11.6. The second-order valence-electron chi connectivity index (χ2n) is 3.80. The molecule has 2 unspecified atom stereocenters. The van der Waals surface area contributed by atoms with Crippen LogP contribution in [0.1, 0.15) is 25.7 Å². The molecule has 3 nitrogen and oxygen atoms in total. The molecular weight excluding hydrogens is 196 g/mol. The standard InChI is InChI=1S/C9H15BNO2P/c10-9(13)5-8(12)7-3-1-2-4-11(14)6-7/h7H,1-6,14H2. The third kappa shape index (κ3) is 3.89. The van der Waals surface area contributed by atoms with Crippen molar-refractivity contribution in [2.24, 2.45) is 5.92 Å². The van der Waals surface area contributed by atoms with Crippen LogP contribution in [-0.4, -0.2) is 37.1 Å². The summed E-state index contributed by atoms with van der Waals surface area (Å²) in [6, 6.07) is 0. The highest BCUT2D eigenvalue weighted by Crippen LogP contribution is 2.20. The minimum atomic E-state index is -0.519. The molecule has 0 spiro atoms. The molecule has 1 heterocycles. The molecule has 2 atom stereocenters. The normalized spacial score (nSPS) is 24.2. The lowest BCUT2D eigenvalue weighted by molar-refractivity contribution is -0.126. The molecule has 1 saturated heterocycles. The molecule has 0 aromatic heterocycles. The zero-order chi connectivity index (χ0) is 10.6. The first-order valence-electron chi connectivity index (χ1n) is 4.90. The van der Waals surface area contributed by atoms with E-state index in [1.54, 1.807) is 0 Å². The smallest absolute Gasteiger partial charge is 0.168 e. The second kappa shape index (κ2) is 5.62. The maximum Gasteiger partial charge on any atom is 0.168 e. The van der Waals surface area contributed by atoms with Gasteiger partial charge in [0.05, 0.1) is 12.1 Å². The van der Waals surface area contributed by atoms with Crippen LogP contribution in [0.2, 0.25) is 0 Å². The van der Waals surface area contributed by atoms with Gasteiger partial charge in [-0.15, -0.1) is 0 Å². The quantitative estimate of drug-likeness (QED) is 0.388. The van der Waals surface area contributed by atoms with Crippen LogP contribution in [0.3, 0.4) is 0 Å². The van der Waals surface area contributed by atoms with E-state index < -0.39 is 5.68 Å². The highest BCUT2D eigenvalue weighted by atomic mass is 31.0. The lowest BCUT2D eigenvalue weighted by Crippen LogP contribution is -2.26. The molecule has 2 radical (unpaired) electrons. The maximum absolute atomic E-state index is 11.6. The van der Waals surface area contributed by atoms with Crippen molar-refractivity contribution in [1.29, 1.82) is 0 Å². The van der Waals surface area contributed by atoms with Crippen LogP contribution in [-0.2, 0) is 9.59 Å². The predicted octanol–water partition coefficient (Wildman–Crippen LogP) is 0.533. The molecule has 0 aromatic carbocycles. The highest BCUT2D eigenvalue weighted by molar-refractivity contribution is 7.13. The average molecular weight is 211 g/mol. The van der Waals surface area contributed by atoms with Gasteiger partial charge in [0.1, 0.15) is 5.78 Å². The Morgan fingerprint density at radius 2 is 2.14 bits per heavy atom. The lowest BCUT2D eigenvalue weighted by atomic mass is 9.90. The van der Waals surface area contributed by atoms with Gasteiger partial charge in [0.25, 0.3) is 0 Å². The van der Waals surface area contributed by atoms with E-state index in [0.29, 0.717) is 0 Å². The van der Waals surface area contributed by atoms with Crippen molar-refractivity contribution in [2.45, 2.75) is 25.7 Å². The van der Waals surface area contributed by atoms with Crippen molar-refractivity contribution < 1.29 is 9.59 Å². The summed E-state index contributed by atoms with van der Waals surface area (Å²) >= 11 is 0. The molecule has 76 valence electrons. The summed E-state index contributed by atoms with van der Waals surface area (Å²) in [6.45, 7) is 1.74. The van der Waals surface area contributed by atoms with Crippen LogP contribution in [0.25, 0.3) is 0 Å². The van der Waals surface area contributed by atoms with Crippen molar-refractivity contribution in [3.63, 3.8) is 0 Å². The van der Waals surface area contributed by atoms with E-state index in [4.69, 9.17) is 7.85 Å². The van der Waals surface area contributed by atoms with Crippen molar-refractivity contribution >= 4 is 28.7 Å². The van der Waals surface area contributed by atoms with Crippen LogP contribution < -0.4 is 0 Å². The summed E-state index contributed by atoms with van der Waals surface area (Å²) in [5.41, 5.74) is -0.519. The molecule has 0 bridgehead atoms. The summed E-state index contributed by atoms with van der Waals surface area (Å²) in [5, 5.41) is 0. The number of nitrogens with zero attached hydrogens (tertiary/aromatic N) is 1. The van der Waals surface area contributed by atoms with Gasteiger partial charge in [-0.25, -0.2) is 0 Å². The predicted molar refractivity (Wildman–Crippen MR) is 59.0 cm³/mol. The van der Waals surface area contributed by atoms with Crippen molar-refractivity contribution in [2.75, 3.05) is 13.1 Å². The molecule has 0 aromatic rings. The molecule has 14 heavy (non-hydrogen) atoms. The van der Waals surface area contributed by atoms with Gasteiger partial charge >= 0.3 is 0 Å². The van der Waals surface area contributed by atoms with Crippen molar-refractivity contribution in [1.82, 2.24) is 4.67 Å². The lowest BCUT2D eigenvalue weighted by Gasteiger charge is -2.18. The van der Waals surface area contributed by atoms with E-state index in [1.165, 1.54) is 0 Å². The Morgan fingerprint density at radius 3 is 2.79 bits per heavy atom. The Labute approximate surface area is 88.3 Å². The SMILES string of the molecule is [B]C(=O)CC(=O)C1CCCCN(P)C1. The van der Waals surface area contributed by atoms with Crippen LogP contribution in [0.5, 0.6) is 0 Å². The molecule has 1 rings (SSSR count). The van der Waals surface area contributed by atoms with Gasteiger partial charge < -0.3 is 4.79 Å². The fourth-order valence-electron chi connectivity index (χ4n) is 1.75. The molecule has 0 N–H and O–H groups in total. The molecule has 1 fully saturated rings. The third-order valence-electron chi connectivity index (χ3n) is 2.51. The summed E-state index contributed by atoms with van der Waals surface area (Å²) in [7, 11) is 7.61. The van der Waals surface area contributed by atoms with Crippen molar-refractivity contribution in [3.8, 4) is 0 Å². The Morgan fingerprint density at radius 1 is 1.43 bits per heavy atom. The van der Waals surface area contributed by atoms with E-state index in [9.17, 15) is 9.59 Å². The molecule has 5 heteroatoms. The number of rotatable bonds is 3.